The molecule has 0 aromatic carbocycles. The zero-order valence-electron chi connectivity index (χ0n) is 9.49. The van der Waals surface area contributed by atoms with E-state index in [0.717, 1.165) is 37.3 Å². The number of nitrogens with zero attached hydrogens (tertiary/aromatic N) is 1. The summed E-state index contributed by atoms with van der Waals surface area (Å²) < 4.78 is 17.1. The van der Waals surface area contributed by atoms with Crippen LogP contribution in [0.4, 0.5) is 0 Å². The molecule has 0 radical (unpaired) electrons. The zero-order chi connectivity index (χ0) is 10.4. The number of hydrogen-bond acceptors (Lipinski definition) is 3. The van der Waals surface area contributed by atoms with Crippen LogP contribution in [-0.4, -0.2) is 64.4 Å². The fourth-order valence-electron chi connectivity index (χ4n) is 1.71. The number of quaternary nitrogens is 1. The first kappa shape index (κ1) is 11.9. The van der Waals surface area contributed by atoms with E-state index in [-0.39, 0.29) is 6.29 Å². The summed E-state index contributed by atoms with van der Waals surface area (Å²) in [5, 5.41) is 0. The molecule has 1 fully saturated rings. The van der Waals surface area contributed by atoms with Crippen LogP contribution in [0.15, 0.2) is 0 Å². The Hall–Kier alpha value is -0.160. The molecule has 0 aliphatic carbocycles. The van der Waals surface area contributed by atoms with Crippen molar-refractivity contribution >= 4 is 0 Å². The van der Waals surface area contributed by atoms with Crippen LogP contribution in [0.2, 0.25) is 0 Å². The van der Waals surface area contributed by atoms with Gasteiger partial charge in [-0.15, -0.1) is 0 Å². The van der Waals surface area contributed by atoms with Gasteiger partial charge in [0.15, 0.2) is 0 Å². The maximum atomic E-state index is 5.48. The minimum absolute atomic E-state index is 0.0805. The molecular formula is C10H22NO3+. The second-order valence-corrected chi connectivity index (χ2v) is 3.98. The maximum Gasteiger partial charge on any atom is 0.207 e. The lowest BCUT2D eigenvalue weighted by Crippen LogP contribution is -2.55. The van der Waals surface area contributed by atoms with Crippen molar-refractivity contribution < 1.29 is 18.7 Å². The van der Waals surface area contributed by atoms with Gasteiger partial charge in [-0.05, 0) is 6.92 Å². The van der Waals surface area contributed by atoms with Crippen molar-refractivity contribution in [3.8, 4) is 0 Å². The van der Waals surface area contributed by atoms with Crippen LogP contribution in [-0.2, 0) is 14.2 Å². The summed E-state index contributed by atoms with van der Waals surface area (Å²) in [4.78, 5) is 0. The Morgan fingerprint density at radius 2 is 2.00 bits per heavy atom. The molecule has 0 bridgehead atoms. The fourth-order valence-corrected chi connectivity index (χ4v) is 1.71. The Labute approximate surface area is 86.3 Å². The SMILES string of the molecule is CCOC(C[N+]1(C)CCOCC1)OC. The monoisotopic (exact) mass is 204 g/mol. The van der Waals surface area contributed by atoms with E-state index in [1.807, 2.05) is 6.92 Å². The molecule has 84 valence electrons. The zero-order valence-corrected chi connectivity index (χ0v) is 9.49. The molecule has 1 saturated heterocycles. The molecule has 0 spiro atoms. The number of likely N-dealkylation sites (N-methyl/N-ethyl adjacent to an activating group) is 1. The molecule has 4 nitrogen and oxygen atoms in total. The topological polar surface area (TPSA) is 27.7 Å². The van der Waals surface area contributed by atoms with Gasteiger partial charge in [0.05, 0.1) is 20.3 Å². The van der Waals surface area contributed by atoms with E-state index in [1.165, 1.54) is 0 Å². The van der Waals surface area contributed by atoms with Crippen LogP contribution in [0.3, 0.4) is 0 Å². The minimum atomic E-state index is -0.0805. The first-order valence-electron chi connectivity index (χ1n) is 5.26. The highest BCUT2D eigenvalue weighted by Gasteiger charge is 2.29. The molecule has 0 aromatic rings. The standard InChI is InChI=1S/C10H22NO3/c1-4-14-10(12-3)9-11(2)5-7-13-8-6-11/h10H,4-9H2,1-3H3/q+1. The third kappa shape index (κ3) is 3.53. The molecule has 0 aromatic heterocycles. The van der Waals surface area contributed by atoms with Gasteiger partial charge in [-0.1, -0.05) is 0 Å². The summed E-state index contributed by atoms with van der Waals surface area (Å²) in [5.41, 5.74) is 0. The Morgan fingerprint density at radius 1 is 1.36 bits per heavy atom. The molecule has 0 N–H and O–H groups in total. The van der Waals surface area contributed by atoms with Crippen molar-refractivity contribution in [3.63, 3.8) is 0 Å². The minimum Gasteiger partial charge on any atom is -0.370 e. The van der Waals surface area contributed by atoms with E-state index < -0.39 is 0 Å². The normalized spacial score (nSPS) is 23.4. The molecule has 1 rings (SSSR count). The first-order chi connectivity index (χ1) is 6.70. The predicted molar refractivity (Wildman–Crippen MR) is 54.0 cm³/mol. The average molecular weight is 204 g/mol. The molecule has 1 atom stereocenters. The van der Waals surface area contributed by atoms with Crippen molar-refractivity contribution in [2.45, 2.75) is 13.2 Å². The summed E-state index contributed by atoms with van der Waals surface area (Å²) in [6.45, 7) is 7.39. The average Bonchev–Trinajstić information content (AvgIpc) is 2.18. The van der Waals surface area contributed by atoms with Gasteiger partial charge in [0, 0.05) is 13.7 Å². The molecular weight excluding hydrogens is 182 g/mol. The summed E-state index contributed by atoms with van der Waals surface area (Å²) in [5.74, 6) is 0. The van der Waals surface area contributed by atoms with Gasteiger partial charge < -0.3 is 18.7 Å². The number of ether oxygens (including phenoxy) is 3. The molecule has 14 heavy (non-hydrogen) atoms. The lowest BCUT2D eigenvalue weighted by Gasteiger charge is -2.39. The van der Waals surface area contributed by atoms with E-state index in [4.69, 9.17) is 14.2 Å². The lowest BCUT2D eigenvalue weighted by molar-refractivity contribution is -0.922. The van der Waals surface area contributed by atoms with E-state index >= 15 is 0 Å². The van der Waals surface area contributed by atoms with Gasteiger partial charge >= 0.3 is 0 Å². The summed E-state index contributed by atoms with van der Waals surface area (Å²) in [6, 6.07) is 0. The Bertz CT molecular complexity index is 157. The third-order valence-electron chi connectivity index (χ3n) is 2.76. The number of morpholine rings is 1. The van der Waals surface area contributed by atoms with Gasteiger partial charge in [0.1, 0.15) is 19.6 Å². The molecule has 1 aliphatic rings. The van der Waals surface area contributed by atoms with Gasteiger partial charge in [0.25, 0.3) is 0 Å². The second kappa shape index (κ2) is 5.66. The van der Waals surface area contributed by atoms with Crippen molar-refractivity contribution in [1.29, 1.82) is 0 Å². The highest BCUT2D eigenvalue weighted by molar-refractivity contribution is 4.50. The van der Waals surface area contributed by atoms with Crippen LogP contribution in [0.25, 0.3) is 0 Å². The quantitative estimate of drug-likeness (QED) is 0.481. The van der Waals surface area contributed by atoms with Crippen LogP contribution in [0.5, 0.6) is 0 Å². The van der Waals surface area contributed by atoms with Crippen molar-refractivity contribution in [3.05, 3.63) is 0 Å². The second-order valence-electron chi connectivity index (χ2n) is 3.98. The fraction of sp³-hybridized carbons (Fsp3) is 1.00. The van der Waals surface area contributed by atoms with Crippen LogP contribution in [0, 0.1) is 0 Å². The van der Waals surface area contributed by atoms with Crippen molar-refractivity contribution in [1.82, 2.24) is 0 Å². The summed E-state index contributed by atoms with van der Waals surface area (Å²) >= 11 is 0. The van der Waals surface area contributed by atoms with Crippen LogP contribution in [0.1, 0.15) is 6.92 Å². The molecule has 1 aliphatic heterocycles. The van der Waals surface area contributed by atoms with Crippen molar-refractivity contribution in [2.75, 3.05) is 53.6 Å². The number of rotatable bonds is 5. The molecule has 0 amide bonds. The highest BCUT2D eigenvalue weighted by Crippen LogP contribution is 2.10. The summed E-state index contributed by atoms with van der Waals surface area (Å²) in [6.07, 6.45) is -0.0805. The van der Waals surface area contributed by atoms with Gasteiger partial charge in [-0.3, -0.25) is 0 Å². The lowest BCUT2D eigenvalue weighted by atomic mass is 10.3. The highest BCUT2D eigenvalue weighted by atomic mass is 16.7. The smallest absolute Gasteiger partial charge is 0.207 e. The predicted octanol–water partition coefficient (Wildman–Crippen LogP) is 0.472. The third-order valence-corrected chi connectivity index (χ3v) is 2.76. The van der Waals surface area contributed by atoms with E-state index in [2.05, 4.69) is 7.05 Å². The van der Waals surface area contributed by atoms with E-state index in [1.54, 1.807) is 7.11 Å². The van der Waals surface area contributed by atoms with Gasteiger partial charge in [-0.25, -0.2) is 0 Å². The molecule has 1 heterocycles. The first-order valence-corrected chi connectivity index (χ1v) is 5.26. The number of hydrogen-bond donors (Lipinski definition) is 0. The largest absolute Gasteiger partial charge is 0.370 e. The maximum absolute atomic E-state index is 5.48. The Morgan fingerprint density at radius 3 is 2.50 bits per heavy atom. The van der Waals surface area contributed by atoms with Gasteiger partial charge in [-0.2, -0.15) is 0 Å². The molecule has 1 unspecified atom stereocenters. The van der Waals surface area contributed by atoms with Crippen LogP contribution >= 0.6 is 0 Å². The van der Waals surface area contributed by atoms with Gasteiger partial charge in [0.2, 0.25) is 6.29 Å². The van der Waals surface area contributed by atoms with Crippen LogP contribution < -0.4 is 0 Å². The Balaban J connectivity index is 2.38. The van der Waals surface area contributed by atoms with E-state index in [0.29, 0.717) is 6.61 Å². The number of methoxy groups -OCH3 is 1. The van der Waals surface area contributed by atoms with E-state index in [9.17, 15) is 0 Å². The molecule has 4 heteroatoms. The molecule has 0 saturated carbocycles. The Kier molecular flexibility index (Phi) is 4.81. The van der Waals surface area contributed by atoms with Crippen molar-refractivity contribution in [2.24, 2.45) is 0 Å². The summed E-state index contributed by atoms with van der Waals surface area (Å²) in [7, 11) is 3.93.